The van der Waals surface area contributed by atoms with Crippen LogP contribution in [0, 0.1) is 0 Å². The lowest BCUT2D eigenvalue weighted by Crippen LogP contribution is -2.21. The molecule has 0 radical (unpaired) electrons. The summed E-state index contributed by atoms with van der Waals surface area (Å²) in [6, 6.07) is 11.8. The zero-order valence-corrected chi connectivity index (χ0v) is 15.7. The van der Waals surface area contributed by atoms with Crippen molar-refractivity contribution in [3.05, 3.63) is 58.6 Å². The summed E-state index contributed by atoms with van der Waals surface area (Å²) < 4.78 is 27.8. The fourth-order valence-corrected chi connectivity index (χ4v) is 3.59. The van der Waals surface area contributed by atoms with E-state index in [1.54, 1.807) is 0 Å². The molecule has 0 amide bonds. The van der Waals surface area contributed by atoms with Crippen molar-refractivity contribution in [3.63, 3.8) is 0 Å². The van der Waals surface area contributed by atoms with Gasteiger partial charge in [-0.25, -0.2) is 18.4 Å². The second kappa shape index (κ2) is 6.90. The topological polar surface area (TPSA) is 98.5 Å². The first-order chi connectivity index (χ1) is 12.2. The Balaban J connectivity index is 1.85. The highest BCUT2D eigenvalue weighted by Gasteiger charge is 2.44. The quantitative estimate of drug-likeness (QED) is 0.734. The van der Waals surface area contributed by atoms with Gasteiger partial charge in [-0.2, -0.15) is 0 Å². The summed E-state index contributed by atoms with van der Waals surface area (Å²) in [4.78, 5) is 11.9. The Kier molecular flexibility index (Phi) is 4.96. The van der Waals surface area contributed by atoms with Gasteiger partial charge in [0.1, 0.15) is 0 Å². The minimum Gasteiger partial charge on any atom is -0.465 e. The van der Waals surface area contributed by atoms with E-state index in [9.17, 15) is 13.2 Å². The Morgan fingerprint density at radius 1 is 1.23 bits per heavy atom. The summed E-state index contributed by atoms with van der Waals surface area (Å²) >= 11 is 5.95. The fourth-order valence-electron chi connectivity index (χ4n) is 2.92. The molecule has 3 rings (SSSR count). The van der Waals surface area contributed by atoms with Crippen molar-refractivity contribution in [1.29, 1.82) is 0 Å². The van der Waals surface area contributed by atoms with Gasteiger partial charge in [-0.3, -0.25) is 0 Å². The van der Waals surface area contributed by atoms with Crippen molar-refractivity contribution in [2.45, 2.75) is 23.2 Å². The lowest BCUT2D eigenvalue weighted by Gasteiger charge is -2.19. The zero-order chi connectivity index (χ0) is 18.9. The maximum Gasteiger partial charge on any atom is 0.340 e. The first-order valence-electron chi connectivity index (χ1n) is 8.00. The standard InChI is InChI=1S/C18H19ClN2O4S/c1-25-17(22)15-10-14(26(20,23)24)6-7-16(15)21-11-18(8-9-18)12-2-4-13(19)5-3-12/h2-7,10,21H,8-9,11H2,1H3,(H2,20,23,24). The number of hydrogen-bond donors (Lipinski definition) is 2. The number of rotatable bonds is 6. The van der Waals surface area contributed by atoms with E-state index in [0.717, 1.165) is 12.8 Å². The van der Waals surface area contributed by atoms with Gasteiger partial charge in [0.2, 0.25) is 10.0 Å². The maximum absolute atomic E-state index is 12.0. The maximum atomic E-state index is 12.0. The van der Waals surface area contributed by atoms with Crippen LogP contribution in [0.4, 0.5) is 5.69 Å². The monoisotopic (exact) mass is 394 g/mol. The number of esters is 1. The van der Waals surface area contributed by atoms with E-state index in [4.69, 9.17) is 21.5 Å². The highest BCUT2D eigenvalue weighted by atomic mass is 35.5. The van der Waals surface area contributed by atoms with Gasteiger partial charge in [0.15, 0.2) is 0 Å². The van der Waals surface area contributed by atoms with Crippen LogP contribution < -0.4 is 10.5 Å². The van der Waals surface area contributed by atoms with Crippen molar-refractivity contribution in [3.8, 4) is 0 Å². The number of hydrogen-bond acceptors (Lipinski definition) is 5. The Labute approximate surface area is 157 Å². The van der Waals surface area contributed by atoms with Crippen molar-refractivity contribution in [1.82, 2.24) is 0 Å². The number of ether oxygens (including phenoxy) is 1. The number of methoxy groups -OCH3 is 1. The smallest absolute Gasteiger partial charge is 0.340 e. The molecule has 0 spiro atoms. The van der Waals surface area contributed by atoms with E-state index in [2.05, 4.69) is 5.32 Å². The third-order valence-corrected chi connectivity index (χ3v) is 5.82. The summed E-state index contributed by atoms with van der Waals surface area (Å²) in [6.07, 6.45) is 2.04. The molecule has 2 aromatic carbocycles. The normalized spacial score (nSPS) is 15.3. The largest absolute Gasteiger partial charge is 0.465 e. The number of carbonyl (C=O) groups is 1. The van der Waals surface area contributed by atoms with Crippen LogP contribution in [0.3, 0.4) is 0 Å². The van der Waals surface area contributed by atoms with Crippen LogP contribution >= 0.6 is 11.6 Å². The Morgan fingerprint density at radius 3 is 2.42 bits per heavy atom. The third kappa shape index (κ3) is 3.85. The molecule has 0 unspecified atom stereocenters. The molecule has 1 aliphatic rings. The molecular weight excluding hydrogens is 376 g/mol. The van der Waals surface area contributed by atoms with E-state index in [1.165, 1.54) is 30.9 Å². The average molecular weight is 395 g/mol. The van der Waals surface area contributed by atoms with Crippen LogP contribution in [0.1, 0.15) is 28.8 Å². The number of anilines is 1. The van der Waals surface area contributed by atoms with E-state index in [0.29, 0.717) is 17.3 Å². The lowest BCUT2D eigenvalue weighted by atomic mass is 9.96. The molecule has 0 heterocycles. The molecule has 1 fully saturated rings. The minimum absolute atomic E-state index is 0.0173. The third-order valence-electron chi connectivity index (χ3n) is 4.65. The van der Waals surface area contributed by atoms with Crippen LogP contribution in [0.2, 0.25) is 5.02 Å². The Morgan fingerprint density at radius 2 is 1.88 bits per heavy atom. The molecule has 0 aliphatic heterocycles. The molecule has 1 aliphatic carbocycles. The minimum atomic E-state index is -3.91. The van der Waals surface area contributed by atoms with Gasteiger partial charge in [0.05, 0.1) is 17.6 Å². The van der Waals surface area contributed by atoms with Crippen LogP contribution in [-0.2, 0) is 20.2 Å². The molecule has 2 aromatic rings. The van der Waals surface area contributed by atoms with Crippen molar-refractivity contribution < 1.29 is 17.9 Å². The summed E-state index contributed by atoms with van der Waals surface area (Å²) in [5.41, 5.74) is 1.79. The second-order valence-electron chi connectivity index (χ2n) is 6.38. The molecule has 8 heteroatoms. The highest BCUT2D eigenvalue weighted by Crippen LogP contribution is 2.48. The Hall–Kier alpha value is -2.09. The summed E-state index contributed by atoms with van der Waals surface area (Å²) in [7, 11) is -2.67. The molecule has 0 bridgehead atoms. The number of nitrogens with two attached hydrogens (primary N) is 1. The second-order valence-corrected chi connectivity index (χ2v) is 8.38. The van der Waals surface area contributed by atoms with Gasteiger partial charge in [0.25, 0.3) is 0 Å². The first kappa shape index (κ1) is 18.7. The predicted octanol–water partition coefficient (Wildman–Crippen LogP) is 2.92. The van der Waals surface area contributed by atoms with Crippen molar-refractivity contribution >= 4 is 33.3 Å². The van der Waals surface area contributed by atoms with Crippen molar-refractivity contribution in [2.24, 2.45) is 5.14 Å². The molecule has 0 saturated heterocycles. The molecule has 6 nitrogen and oxygen atoms in total. The summed E-state index contributed by atoms with van der Waals surface area (Å²) in [6.45, 7) is 0.605. The molecule has 0 aromatic heterocycles. The number of halogens is 1. The summed E-state index contributed by atoms with van der Waals surface area (Å²) in [5, 5.41) is 9.09. The fraction of sp³-hybridized carbons (Fsp3) is 0.278. The molecule has 138 valence electrons. The van der Waals surface area contributed by atoms with E-state index >= 15 is 0 Å². The molecular formula is C18H19ClN2O4S. The molecule has 1 saturated carbocycles. The molecule has 3 N–H and O–H groups in total. The predicted molar refractivity (Wildman–Crippen MR) is 100 cm³/mol. The van der Waals surface area contributed by atoms with Crippen LogP contribution in [0.25, 0.3) is 0 Å². The average Bonchev–Trinajstić information content (AvgIpc) is 3.40. The first-order valence-corrected chi connectivity index (χ1v) is 9.93. The lowest BCUT2D eigenvalue weighted by molar-refractivity contribution is 0.0601. The number of carbonyl (C=O) groups excluding carboxylic acids is 1. The SMILES string of the molecule is COC(=O)c1cc(S(N)(=O)=O)ccc1NCC1(c2ccc(Cl)cc2)CC1. The van der Waals surface area contributed by atoms with Crippen molar-refractivity contribution in [2.75, 3.05) is 19.0 Å². The van der Waals surface area contributed by atoms with Crippen LogP contribution in [0.15, 0.2) is 47.4 Å². The van der Waals surface area contributed by atoms with E-state index in [-0.39, 0.29) is 15.9 Å². The van der Waals surface area contributed by atoms with E-state index in [1.807, 2.05) is 24.3 Å². The van der Waals surface area contributed by atoms with Gasteiger partial charge >= 0.3 is 5.97 Å². The van der Waals surface area contributed by atoms with E-state index < -0.39 is 16.0 Å². The van der Waals surface area contributed by atoms with Gasteiger partial charge in [0, 0.05) is 22.7 Å². The van der Waals surface area contributed by atoms with Gasteiger partial charge in [-0.15, -0.1) is 0 Å². The molecule has 26 heavy (non-hydrogen) atoms. The number of primary sulfonamides is 1. The van der Waals surface area contributed by atoms with Crippen LogP contribution in [0.5, 0.6) is 0 Å². The van der Waals surface area contributed by atoms with Gasteiger partial charge in [-0.1, -0.05) is 23.7 Å². The Bertz CT molecular complexity index is 938. The number of sulfonamides is 1. The van der Waals surface area contributed by atoms with Gasteiger partial charge in [-0.05, 0) is 48.7 Å². The molecule has 0 atom stereocenters. The number of nitrogens with one attached hydrogen (secondary N) is 1. The zero-order valence-electron chi connectivity index (χ0n) is 14.2. The van der Waals surface area contributed by atoms with Crippen LogP contribution in [-0.4, -0.2) is 28.0 Å². The highest BCUT2D eigenvalue weighted by molar-refractivity contribution is 7.89. The summed E-state index contributed by atoms with van der Waals surface area (Å²) in [5.74, 6) is -0.630. The van der Waals surface area contributed by atoms with Gasteiger partial charge < -0.3 is 10.1 Å². The number of benzene rings is 2.